The van der Waals surface area contributed by atoms with Gasteiger partial charge in [-0.25, -0.2) is 0 Å². The van der Waals surface area contributed by atoms with Gasteiger partial charge in [0.2, 0.25) is 0 Å². The zero-order valence-electron chi connectivity index (χ0n) is 18.8. The molecule has 0 unspecified atom stereocenters. The van der Waals surface area contributed by atoms with Crippen LogP contribution < -0.4 is 9.47 Å². The lowest BCUT2D eigenvalue weighted by Gasteiger charge is -2.13. The van der Waals surface area contributed by atoms with Gasteiger partial charge in [-0.1, -0.05) is 53.2 Å². The first-order chi connectivity index (χ1) is 16.2. The zero-order valence-corrected chi connectivity index (χ0v) is 19.6. The molecular formula is C27H27ClN2O3. The number of para-hydroxylation sites is 1. The van der Waals surface area contributed by atoms with Crippen molar-refractivity contribution in [3.63, 3.8) is 0 Å². The van der Waals surface area contributed by atoms with E-state index in [-0.39, 0.29) is 0 Å². The van der Waals surface area contributed by atoms with Crippen LogP contribution in [-0.4, -0.2) is 31.5 Å². The van der Waals surface area contributed by atoms with E-state index in [0.717, 1.165) is 44.2 Å². The number of fused-ring (bicyclic) bond motifs is 1. The number of hydrogen-bond donors (Lipinski definition) is 1. The molecule has 0 aliphatic heterocycles. The number of methoxy groups -OCH3 is 1. The summed E-state index contributed by atoms with van der Waals surface area (Å²) in [5.74, 6) is 1.65. The van der Waals surface area contributed by atoms with Gasteiger partial charge < -0.3 is 19.3 Å². The van der Waals surface area contributed by atoms with Crippen molar-refractivity contribution < 1.29 is 14.3 Å². The van der Waals surface area contributed by atoms with Crippen LogP contribution in [0.15, 0.2) is 71.9 Å². The van der Waals surface area contributed by atoms with Crippen LogP contribution in [0.25, 0.3) is 10.9 Å². The number of aromatic nitrogens is 1. The molecule has 4 rings (SSSR count). The van der Waals surface area contributed by atoms with Crippen LogP contribution in [-0.2, 0) is 17.7 Å². The summed E-state index contributed by atoms with van der Waals surface area (Å²) in [6, 6.07) is 21.6. The van der Waals surface area contributed by atoms with E-state index < -0.39 is 0 Å². The largest absolute Gasteiger partial charge is 0.496 e. The molecule has 0 amide bonds. The summed E-state index contributed by atoms with van der Waals surface area (Å²) in [7, 11) is 1.70. The van der Waals surface area contributed by atoms with E-state index in [0.29, 0.717) is 26.1 Å². The van der Waals surface area contributed by atoms with Crippen LogP contribution in [0.2, 0.25) is 5.02 Å². The summed E-state index contributed by atoms with van der Waals surface area (Å²) >= 11 is 6.45. The second kappa shape index (κ2) is 10.9. The lowest BCUT2D eigenvalue weighted by Crippen LogP contribution is -2.01. The highest BCUT2D eigenvalue weighted by Gasteiger charge is 2.17. The van der Waals surface area contributed by atoms with Gasteiger partial charge in [0, 0.05) is 40.0 Å². The van der Waals surface area contributed by atoms with Crippen molar-refractivity contribution in [2.45, 2.75) is 19.8 Å². The Morgan fingerprint density at radius 1 is 0.970 bits per heavy atom. The number of benzene rings is 3. The number of hydrogen-bond acceptors (Lipinski definition) is 4. The topological polar surface area (TPSA) is 55.8 Å². The van der Waals surface area contributed by atoms with Crippen LogP contribution in [0.1, 0.15) is 22.4 Å². The van der Waals surface area contributed by atoms with Crippen molar-refractivity contribution in [3.8, 4) is 11.5 Å². The highest BCUT2D eigenvalue weighted by Crippen LogP contribution is 2.35. The van der Waals surface area contributed by atoms with Gasteiger partial charge >= 0.3 is 0 Å². The molecule has 0 aliphatic rings. The summed E-state index contributed by atoms with van der Waals surface area (Å²) < 4.78 is 11.3. The van der Waals surface area contributed by atoms with Crippen molar-refractivity contribution in [2.24, 2.45) is 5.16 Å². The molecule has 0 radical (unpaired) electrons. The number of ether oxygens (including phenoxy) is 2. The predicted molar refractivity (Wildman–Crippen MR) is 134 cm³/mol. The van der Waals surface area contributed by atoms with Gasteiger partial charge in [0.1, 0.15) is 24.7 Å². The maximum absolute atomic E-state index is 6.45. The fourth-order valence-corrected chi connectivity index (χ4v) is 4.19. The number of aromatic amines is 1. The van der Waals surface area contributed by atoms with E-state index in [1.165, 1.54) is 5.56 Å². The van der Waals surface area contributed by atoms with E-state index in [9.17, 15) is 0 Å². The average Bonchev–Trinajstić information content (AvgIpc) is 3.16. The molecule has 33 heavy (non-hydrogen) atoms. The lowest BCUT2D eigenvalue weighted by atomic mass is 9.96. The molecule has 1 N–H and O–H groups in total. The number of nitrogens with one attached hydrogen (secondary N) is 1. The molecule has 1 heterocycles. The molecule has 0 spiro atoms. The van der Waals surface area contributed by atoms with Gasteiger partial charge in [-0.15, -0.1) is 0 Å². The monoisotopic (exact) mass is 462 g/mol. The van der Waals surface area contributed by atoms with Gasteiger partial charge in [0.15, 0.2) is 0 Å². The quantitative estimate of drug-likeness (QED) is 0.169. The van der Waals surface area contributed by atoms with Crippen molar-refractivity contribution in [1.29, 1.82) is 0 Å². The van der Waals surface area contributed by atoms with Gasteiger partial charge in [-0.2, -0.15) is 0 Å². The average molecular weight is 463 g/mol. The van der Waals surface area contributed by atoms with E-state index in [1.54, 1.807) is 13.3 Å². The first-order valence-corrected chi connectivity index (χ1v) is 11.3. The summed E-state index contributed by atoms with van der Waals surface area (Å²) in [6.45, 7) is 2.89. The summed E-state index contributed by atoms with van der Waals surface area (Å²) in [5, 5.41) is 5.94. The second-order valence-corrected chi connectivity index (χ2v) is 8.07. The minimum atomic E-state index is 0.356. The molecule has 0 saturated carbocycles. The lowest BCUT2D eigenvalue weighted by molar-refractivity contribution is 0.147. The molecule has 1 aromatic heterocycles. The number of aryl methyl sites for hydroxylation is 1. The minimum absolute atomic E-state index is 0.356. The summed E-state index contributed by atoms with van der Waals surface area (Å²) in [4.78, 5) is 9.00. The number of H-pyrrole nitrogens is 1. The van der Waals surface area contributed by atoms with E-state index in [4.69, 9.17) is 25.9 Å². The third kappa shape index (κ3) is 5.49. The van der Waals surface area contributed by atoms with Gasteiger partial charge in [-0.05, 0) is 48.4 Å². The Morgan fingerprint density at radius 3 is 2.55 bits per heavy atom. The van der Waals surface area contributed by atoms with Gasteiger partial charge in [0.05, 0.1) is 13.3 Å². The molecule has 170 valence electrons. The zero-order chi connectivity index (χ0) is 23.0. The summed E-state index contributed by atoms with van der Waals surface area (Å²) in [5.41, 5.74) is 5.56. The first-order valence-electron chi connectivity index (χ1n) is 10.9. The van der Waals surface area contributed by atoms with Crippen LogP contribution >= 0.6 is 11.6 Å². The van der Waals surface area contributed by atoms with E-state index in [2.05, 4.69) is 29.2 Å². The Labute approximate surface area is 198 Å². The SMILES string of the molecule is COc1ccc2[nH]c(C)c(CCO/N=C/COc3ccccc3)c2c1Cc1ccccc1Cl. The molecule has 6 heteroatoms. The third-order valence-electron chi connectivity index (χ3n) is 5.55. The first kappa shape index (κ1) is 22.7. The molecule has 0 bridgehead atoms. The number of halogens is 1. The van der Waals surface area contributed by atoms with Crippen molar-refractivity contribution in [1.82, 2.24) is 4.98 Å². The molecular weight excluding hydrogens is 436 g/mol. The smallest absolute Gasteiger partial charge is 0.127 e. The molecule has 3 aromatic carbocycles. The van der Waals surface area contributed by atoms with Crippen molar-refractivity contribution in [3.05, 3.63) is 94.1 Å². The molecule has 4 aromatic rings. The van der Waals surface area contributed by atoms with Crippen LogP contribution in [0.4, 0.5) is 0 Å². The second-order valence-electron chi connectivity index (χ2n) is 7.66. The number of oxime groups is 1. The molecule has 5 nitrogen and oxygen atoms in total. The third-order valence-corrected chi connectivity index (χ3v) is 5.92. The predicted octanol–water partition coefficient (Wildman–Crippen LogP) is 6.35. The van der Waals surface area contributed by atoms with Crippen LogP contribution in [0.3, 0.4) is 0 Å². The van der Waals surface area contributed by atoms with Crippen molar-refractivity contribution >= 4 is 28.7 Å². The van der Waals surface area contributed by atoms with E-state index in [1.807, 2.05) is 54.6 Å². The Balaban J connectivity index is 1.47. The minimum Gasteiger partial charge on any atom is -0.496 e. The normalized spacial score (nSPS) is 11.2. The Kier molecular flexibility index (Phi) is 7.53. The van der Waals surface area contributed by atoms with Crippen LogP contribution in [0, 0.1) is 6.92 Å². The fourth-order valence-electron chi connectivity index (χ4n) is 3.99. The molecule has 0 fully saturated rings. The van der Waals surface area contributed by atoms with Gasteiger partial charge in [-0.3, -0.25) is 0 Å². The molecule has 0 saturated heterocycles. The molecule has 0 atom stereocenters. The Bertz CT molecular complexity index is 1240. The number of rotatable bonds is 10. The number of nitrogens with zero attached hydrogens (tertiary/aromatic N) is 1. The molecule has 0 aliphatic carbocycles. The highest BCUT2D eigenvalue weighted by molar-refractivity contribution is 6.31. The Hall–Kier alpha value is -3.44. The van der Waals surface area contributed by atoms with Gasteiger partial charge in [0.25, 0.3) is 0 Å². The van der Waals surface area contributed by atoms with Crippen molar-refractivity contribution in [2.75, 3.05) is 20.3 Å². The maximum atomic E-state index is 6.45. The highest BCUT2D eigenvalue weighted by atomic mass is 35.5. The Morgan fingerprint density at radius 2 is 1.76 bits per heavy atom. The fraction of sp³-hybridized carbons (Fsp3) is 0.222. The standard InChI is InChI=1S/C27H27ClN2O3/c1-19-22(14-16-33-29-15-17-32-21-9-4-3-5-10-21)27-23(18-20-8-6-7-11-24(20)28)26(31-2)13-12-25(27)30-19/h3-13,15,30H,14,16-18H2,1-2H3/b29-15+. The van der Waals surface area contributed by atoms with Crippen LogP contribution in [0.5, 0.6) is 11.5 Å². The van der Waals surface area contributed by atoms with E-state index >= 15 is 0 Å². The maximum Gasteiger partial charge on any atom is 0.127 e. The summed E-state index contributed by atoms with van der Waals surface area (Å²) in [6.07, 6.45) is 3.02.